The summed E-state index contributed by atoms with van der Waals surface area (Å²) in [4.78, 5) is 4.82. The molecule has 278 valence electrons. The predicted octanol–water partition coefficient (Wildman–Crippen LogP) is 11.0. The van der Waals surface area contributed by atoms with Gasteiger partial charge in [0.15, 0.2) is 0 Å². The largest absolute Gasteiger partial charge is 0.598 e. The number of aromatic nitrogens is 1. The van der Waals surface area contributed by atoms with Crippen LogP contribution < -0.4 is 0 Å². The van der Waals surface area contributed by atoms with Gasteiger partial charge in [-0.25, -0.2) is 4.99 Å². The minimum Gasteiger partial charge on any atom is -0.385 e. The van der Waals surface area contributed by atoms with Gasteiger partial charge in [0.2, 0.25) is 0 Å². The molecular weight excluding hydrogens is 729 g/mol. The second-order valence-electron chi connectivity index (χ2n) is 12.1. The van der Waals surface area contributed by atoms with Crippen LogP contribution in [0.25, 0.3) is 34.0 Å². The maximum absolute atomic E-state index is 14.4. The summed E-state index contributed by atoms with van der Waals surface area (Å²) in [6.45, 7) is -4.96. The normalized spacial score (nSPS) is 14.7. The van der Waals surface area contributed by atoms with Crippen LogP contribution in [-0.4, -0.2) is 54.9 Å². The van der Waals surface area contributed by atoms with Crippen molar-refractivity contribution >= 4 is 24.6 Å². The first-order chi connectivity index (χ1) is 25.6. The van der Waals surface area contributed by atoms with Crippen molar-refractivity contribution in [1.29, 1.82) is 0 Å². The summed E-state index contributed by atoms with van der Waals surface area (Å²) in [7, 11) is -2.69. The summed E-state index contributed by atoms with van der Waals surface area (Å²) in [5.41, 5.74) is 3.49. The molecule has 0 N–H and O–H groups in total. The van der Waals surface area contributed by atoms with Crippen LogP contribution in [0, 0.1) is 0 Å². The number of halogens is 10. The van der Waals surface area contributed by atoms with E-state index in [1.54, 1.807) is 115 Å². The van der Waals surface area contributed by atoms with E-state index < -0.39 is 44.7 Å². The Morgan fingerprint density at radius 1 is 0.556 bits per heavy atom. The van der Waals surface area contributed by atoms with Gasteiger partial charge in [-0.1, -0.05) is 121 Å². The molecule has 54 heavy (non-hydrogen) atoms. The van der Waals surface area contributed by atoms with E-state index in [9.17, 15) is 43.9 Å². The Morgan fingerprint density at radius 2 is 0.981 bits per heavy atom. The molecule has 6 rings (SSSR count). The van der Waals surface area contributed by atoms with Gasteiger partial charge in [-0.3, -0.25) is 0 Å². The summed E-state index contributed by atoms with van der Waals surface area (Å²) >= 11 is 0. The van der Waals surface area contributed by atoms with Crippen molar-refractivity contribution in [2.75, 3.05) is 13.2 Å². The average Bonchev–Trinajstić information content (AvgIpc) is 3.74. The van der Waals surface area contributed by atoms with Gasteiger partial charge in [0.25, 0.3) is 0 Å². The quantitative estimate of drug-likeness (QED) is 0.0939. The minimum absolute atomic E-state index is 0.0348. The lowest BCUT2D eigenvalue weighted by Crippen LogP contribution is -2.48. The van der Waals surface area contributed by atoms with Crippen molar-refractivity contribution in [3.63, 3.8) is 0 Å². The van der Waals surface area contributed by atoms with Gasteiger partial charge in [-0.05, 0) is 34.9 Å². The van der Waals surface area contributed by atoms with Crippen molar-refractivity contribution in [3.05, 3.63) is 156 Å². The van der Waals surface area contributed by atoms with Crippen LogP contribution in [0.4, 0.5) is 43.9 Å². The molecule has 4 nitrogen and oxygen atoms in total. The SMILES string of the molecule is FC(F)(F)C(F)(F)COB(OCC(F)(F)C(F)(F)F)n1c(-c2ccccc2)cc(-c2ccccc2)c1/C=C1\N=C(c2ccccc2)C=C1c1ccccc1. The molecule has 0 saturated heterocycles. The molecule has 5 aromatic rings. The van der Waals surface area contributed by atoms with E-state index in [1.165, 1.54) is 24.3 Å². The molecule has 4 aromatic carbocycles. The van der Waals surface area contributed by atoms with Crippen LogP contribution in [0.15, 0.2) is 144 Å². The molecule has 0 radical (unpaired) electrons. The van der Waals surface area contributed by atoms with Gasteiger partial charge in [0.05, 0.1) is 11.4 Å². The van der Waals surface area contributed by atoms with Crippen molar-refractivity contribution in [1.82, 2.24) is 4.48 Å². The predicted molar refractivity (Wildman–Crippen MR) is 186 cm³/mol. The second-order valence-corrected chi connectivity index (χ2v) is 12.1. The molecule has 0 saturated carbocycles. The van der Waals surface area contributed by atoms with Crippen LogP contribution in [0.3, 0.4) is 0 Å². The molecular formula is C39H27BF10N2O2. The molecule has 1 aromatic heterocycles. The van der Waals surface area contributed by atoms with E-state index in [0.717, 1.165) is 4.48 Å². The highest BCUT2D eigenvalue weighted by atomic mass is 19.4. The zero-order chi connectivity index (χ0) is 38.7. The summed E-state index contributed by atoms with van der Waals surface area (Å²) in [5, 5.41) is 0. The zero-order valence-corrected chi connectivity index (χ0v) is 27.8. The first-order valence-corrected chi connectivity index (χ1v) is 16.2. The van der Waals surface area contributed by atoms with Crippen LogP contribution in [-0.2, 0) is 9.31 Å². The van der Waals surface area contributed by atoms with Gasteiger partial charge in [-0.2, -0.15) is 43.9 Å². The fraction of sp³-hybridized carbons (Fsp3) is 0.154. The third kappa shape index (κ3) is 8.21. The van der Waals surface area contributed by atoms with Gasteiger partial charge in [0.1, 0.15) is 13.2 Å². The van der Waals surface area contributed by atoms with Crippen LogP contribution in [0.5, 0.6) is 0 Å². The third-order valence-electron chi connectivity index (χ3n) is 8.31. The lowest BCUT2D eigenvalue weighted by atomic mass is 9.98. The molecule has 0 atom stereocenters. The molecule has 0 unspecified atom stereocenters. The molecule has 0 spiro atoms. The number of benzene rings is 4. The molecule has 2 heterocycles. The van der Waals surface area contributed by atoms with E-state index in [1.807, 2.05) is 0 Å². The monoisotopic (exact) mass is 756 g/mol. The Kier molecular flexibility index (Phi) is 10.7. The first kappa shape index (κ1) is 38.3. The van der Waals surface area contributed by atoms with E-state index in [-0.39, 0.29) is 28.2 Å². The minimum atomic E-state index is -6.16. The van der Waals surface area contributed by atoms with Crippen LogP contribution >= 0.6 is 0 Å². The fourth-order valence-electron chi connectivity index (χ4n) is 5.59. The molecule has 1 aliphatic rings. The summed E-state index contributed by atoms with van der Waals surface area (Å²) < 4.78 is 148. The Labute approximate surface area is 302 Å². The van der Waals surface area contributed by atoms with Gasteiger partial charge < -0.3 is 13.8 Å². The van der Waals surface area contributed by atoms with Crippen molar-refractivity contribution in [2.45, 2.75) is 24.2 Å². The Balaban J connectivity index is 1.63. The summed E-state index contributed by atoms with van der Waals surface area (Å²) in [6, 6.07) is 35.3. The highest BCUT2D eigenvalue weighted by Crippen LogP contribution is 2.41. The van der Waals surface area contributed by atoms with Crippen LogP contribution in [0.1, 0.15) is 16.8 Å². The molecule has 0 bridgehead atoms. The Morgan fingerprint density at radius 3 is 1.44 bits per heavy atom. The van der Waals surface area contributed by atoms with Crippen LogP contribution in [0.2, 0.25) is 0 Å². The maximum Gasteiger partial charge on any atom is 0.598 e. The van der Waals surface area contributed by atoms with Crippen molar-refractivity contribution in [3.8, 4) is 22.4 Å². The molecule has 0 fully saturated rings. The molecule has 0 amide bonds. The Hall–Kier alpha value is -5.41. The number of hydrogen-bond acceptors (Lipinski definition) is 3. The molecule has 1 aliphatic heterocycles. The first-order valence-electron chi connectivity index (χ1n) is 16.2. The van der Waals surface area contributed by atoms with E-state index in [2.05, 4.69) is 0 Å². The zero-order valence-electron chi connectivity index (χ0n) is 27.8. The van der Waals surface area contributed by atoms with Crippen molar-refractivity contribution in [2.24, 2.45) is 4.99 Å². The number of nitrogens with zero attached hydrogens (tertiary/aromatic N) is 2. The highest BCUT2D eigenvalue weighted by Gasteiger charge is 2.60. The fourth-order valence-corrected chi connectivity index (χ4v) is 5.59. The topological polar surface area (TPSA) is 35.8 Å². The van der Waals surface area contributed by atoms with Crippen molar-refractivity contribution < 1.29 is 53.2 Å². The van der Waals surface area contributed by atoms with Gasteiger partial charge in [0, 0.05) is 28.1 Å². The second kappa shape index (κ2) is 15.1. The van der Waals surface area contributed by atoms with E-state index in [0.29, 0.717) is 28.0 Å². The third-order valence-corrected chi connectivity index (χ3v) is 8.31. The maximum atomic E-state index is 14.4. The summed E-state index contributed by atoms with van der Waals surface area (Å²) in [6.07, 6.45) is -9.13. The van der Waals surface area contributed by atoms with E-state index in [4.69, 9.17) is 14.3 Å². The van der Waals surface area contributed by atoms with E-state index >= 15 is 0 Å². The highest BCUT2D eigenvalue weighted by molar-refractivity contribution is 6.44. The van der Waals surface area contributed by atoms with Gasteiger partial charge >= 0.3 is 31.5 Å². The molecule has 15 heteroatoms. The number of aliphatic imine (C=N–C) groups is 1. The summed E-state index contributed by atoms with van der Waals surface area (Å²) in [5.74, 6) is -11.1. The standard InChI is InChI=1S/C39H27BF10N2O2/c41-36(42,38(45,46)47)24-53-40(54-25-37(43,44)39(48,49)50)52-34(29-19-11-4-12-20-29)22-31(27-15-7-2-8-16-27)35(52)23-33-30(26-13-5-1-6-14-26)21-32(51-33)28-17-9-3-10-18-28/h1-23H,24-25H2/b33-23-. The lowest BCUT2D eigenvalue weighted by molar-refractivity contribution is -0.295. The number of alkyl halides is 10. The number of hydrogen-bond donors (Lipinski definition) is 0. The smallest absolute Gasteiger partial charge is 0.385 e. The average molecular weight is 756 g/mol. The van der Waals surface area contributed by atoms with Gasteiger partial charge in [-0.15, -0.1) is 0 Å². The Bertz CT molecular complexity index is 2120. The lowest BCUT2D eigenvalue weighted by Gasteiger charge is -2.26. The molecule has 0 aliphatic carbocycles. The number of allylic oxidation sites excluding steroid dienone is 2. The number of rotatable bonds is 12.